The molecule has 0 aliphatic carbocycles. The number of anilines is 1. The summed E-state index contributed by atoms with van der Waals surface area (Å²) in [7, 11) is 0. The fourth-order valence-electron chi connectivity index (χ4n) is 1.99. The molecular formula is C15H22N2O. The van der Waals surface area contributed by atoms with Crippen LogP contribution in [-0.4, -0.2) is 23.8 Å². The van der Waals surface area contributed by atoms with Gasteiger partial charge >= 0.3 is 0 Å². The maximum absolute atomic E-state index is 9.85. The maximum atomic E-state index is 9.85. The Bertz CT molecular complexity index is 393. The third-order valence-electron chi connectivity index (χ3n) is 3.20. The maximum Gasteiger partial charge on any atom is 0.0991 e. The molecule has 1 fully saturated rings. The second-order valence-corrected chi connectivity index (χ2v) is 4.64. The van der Waals surface area contributed by atoms with Crippen molar-refractivity contribution in [2.75, 3.05) is 18.0 Å². The van der Waals surface area contributed by atoms with Crippen LogP contribution in [0.2, 0.25) is 0 Å². The van der Waals surface area contributed by atoms with Gasteiger partial charge in [-0.2, -0.15) is 5.26 Å². The molecule has 1 N–H and O–H groups in total. The van der Waals surface area contributed by atoms with Gasteiger partial charge in [0.15, 0.2) is 0 Å². The zero-order valence-electron chi connectivity index (χ0n) is 11.5. The van der Waals surface area contributed by atoms with Crippen LogP contribution in [-0.2, 0) is 0 Å². The quantitative estimate of drug-likeness (QED) is 0.828. The van der Waals surface area contributed by atoms with Gasteiger partial charge in [-0.3, -0.25) is 0 Å². The van der Waals surface area contributed by atoms with Crippen LogP contribution in [0.25, 0.3) is 0 Å². The third kappa shape index (κ3) is 3.75. The molecule has 1 aliphatic heterocycles. The largest absolute Gasteiger partial charge is 0.390 e. The molecule has 1 saturated heterocycles. The lowest BCUT2D eigenvalue weighted by Crippen LogP contribution is -2.42. The number of hydrogen-bond acceptors (Lipinski definition) is 3. The summed E-state index contributed by atoms with van der Waals surface area (Å²) < 4.78 is 0. The van der Waals surface area contributed by atoms with Crippen LogP contribution in [0.4, 0.5) is 5.69 Å². The van der Waals surface area contributed by atoms with Crippen molar-refractivity contribution in [2.24, 2.45) is 0 Å². The molecular weight excluding hydrogens is 224 g/mol. The summed E-state index contributed by atoms with van der Waals surface area (Å²) in [5.41, 5.74) is 1.31. The first kappa shape index (κ1) is 14.5. The highest BCUT2D eigenvalue weighted by Gasteiger charge is 2.27. The highest BCUT2D eigenvalue weighted by molar-refractivity contribution is 5.50. The lowest BCUT2D eigenvalue weighted by Gasteiger charge is -2.37. The summed E-state index contributed by atoms with van der Waals surface area (Å²) in [6.45, 7) is 7.64. The number of benzene rings is 1. The predicted molar refractivity (Wildman–Crippen MR) is 74.6 cm³/mol. The van der Waals surface area contributed by atoms with Crippen LogP contribution >= 0.6 is 0 Å². The molecule has 1 heterocycles. The van der Waals surface area contributed by atoms with E-state index in [1.165, 1.54) is 0 Å². The van der Waals surface area contributed by atoms with Crippen molar-refractivity contribution in [3.05, 3.63) is 29.8 Å². The minimum atomic E-state index is -0.511. The zero-order valence-corrected chi connectivity index (χ0v) is 11.5. The lowest BCUT2D eigenvalue weighted by atomic mass is 9.93. The standard InChI is InChI=1S/C13H16N2O.C2H6/c1-13(16)6-8-15(9-7-13)12-4-2-11(10-14)3-5-12;1-2/h2-5,16H,6-9H2,1H3;1-2H3. The van der Waals surface area contributed by atoms with Crippen molar-refractivity contribution in [3.8, 4) is 6.07 Å². The number of nitriles is 1. The van der Waals surface area contributed by atoms with E-state index in [1.54, 1.807) is 0 Å². The summed E-state index contributed by atoms with van der Waals surface area (Å²) in [5.74, 6) is 0. The van der Waals surface area contributed by atoms with Crippen LogP contribution in [0.5, 0.6) is 0 Å². The van der Waals surface area contributed by atoms with Crippen LogP contribution in [0.1, 0.15) is 39.2 Å². The molecule has 1 aromatic carbocycles. The predicted octanol–water partition coefficient (Wildman–Crippen LogP) is 2.94. The average molecular weight is 246 g/mol. The van der Waals surface area contributed by atoms with E-state index in [0.717, 1.165) is 31.6 Å². The molecule has 1 aromatic rings. The van der Waals surface area contributed by atoms with Gasteiger partial charge in [0, 0.05) is 18.8 Å². The Morgan fingerprint density at radius 2 is 1.67 bits per heavy atom. The smallest absolute Gasteiger partial charge is 0.0991 e. The zero-order chi connectivity index (χ0) is 13.6. The Morgan fingerprint density at radius 1 is 1.17 bits per heavy atom. The van der Waals surface area contributed by atoms with Crippen LogP contribution in [0.3, 0.4) is 0 Å². The van der Waals surface area contributed by atoms with Crippen LogP contribution < -0.4 is 4.90 Å². The molecule has 0 unspecified atom stereocenters. The Kier molecular flexibility index (Phi) is 5.18. The van der Waals surface area contributed by atoms with E-state index < -0.39 is 5.60 Å². The SMILES string of the molecule is CC.CC1(O)CCN(c2ccc(C#N)cc2)CC1. The minimum absolute atomic E-state index is 0.511. The van der Waals surface area contributed by atoms with E-state index in [1.807, 2.05) is 45.0 Å². The molecule has 2 rings (SSSR count). The third-order valence-corrected chi connectivity index (χ3v) is 3.20. The van der Waals surface area contributed by atoms with Crippen molar-refractivity contribution in [3.63, 3.8) is 0 Å². The fraction of sp³-hybridized carbons (Fsp3) is 0.533. The van der Waals surface area contributed by atoms with E-state index in [-0.39, 0.29) is 0 Å². The molecule has 0 saturated carbocycles. The summed E-state index contributed by atoms with van der Waals surface area (Å²) in [5, 5.41) is 18.6. The Morgan fingerprint density at radius 3 is 2.11 bits per heavy atom. The van der Waals surface area contributed by atoms with Gasteiger partial charge in [-0.25, -0.2) is 0 Å². The van der Waals surface area contributed by atoms with Crippen LogP contribution in [0, 0.1) is 11.3 Å². The van der Waals surface area contributed by atoms with Crippen molar-refractivity contribution in [1.29, 1.82) is 5.26 Å². The summed E-state index contributed by atoms with van der Waals surface area (Å²) in [6.07, 6.45) is 1.60. The molecule has 0 bridgehead atoms. The van der Waals surface area contributed by atoms with Crippen molar-refractivity contribution < 1.29 is 5.11 Å². The molecule has 0 amide bonds. The van der Waals surface area contributed by atoms with Gasteiger partial charge in [0.25, 0.3) is 0 Å². The summed E-state index contributed by atoms with van der Waals surface area (Å²) in [4.78, 5) is 2.25. The van der Waals surface area contributed by atoms with Crippen molar-refractivity contribution >= 4 is 5.69 Å². The Labute approximate surface area is 110 Å². The molecule has 1 aliphatic rings. The van der Waals surface area contributed by atoms with E-state index in [4.69, 9.17) is 5.26 Å². The van der Waals surface area contributed by atoms with Gasteiger partial charge in [0.05, 0.1) is 17.2 Å². The molecule has 18 heavy (non-hydrogen) atoms. The van der Waals surface area contributed by atoms with Gasteiger partial charge in [-0.05, 0) is 44.0 Å². The Balaban J connectivity index is 0.000000771. The van der Waals surface area contributed by atoms with Crippen molar-refractivity contribution in [1.82, 2.24) is 0 Å². The first-order valence-corrected chi connectivity index (χ1v) is 6.58. The average Bonchev–Trinajstić information content (AvgIpc) is 2.41. The number of nitrogens with zero attached hydrogens (tertiary/aromatic N) is 2. The molecule has 0 atom stereocenters. The lowest BCUT2D eigenvalue weighted by molar-refractivity contribution is 0.0351. The second kappa shape index (κ2) is 6.42. The van der Waals surface area contributed by atoms with E-state index in [9.17, 15) is 5.11 Å². The number of aliphatic hydroxyl groups is 1. The molecule has 0 spiro atoms. The highest BCUT2D eigenvalue weighted by Crippen LogP contribution is 2.25. The van der Waals surface area contributed by atoms with Gasteiger partial charge in [-0.1, -0.05) is 13.8 Å². The number of rotatable bonds is 1. The fourth-order valence-corrected chi connectivity index (χ4v) is 1.99. The van der Waals surface area contributed by atoms with E-state index in [2.05, 4.69) is 11.0 Å². The highest BCUT2D eigenvalue weighted by atomic mass is 16.3. The number of piperidine rings is 1. The topological polar surface area (TPSA) is 47.3 Å². The summed E-state index contributed by atoms with van der Waals surface area (Å²) in [6, 6.07) is 9.72. The molecule has 98 valence electrons. The van der Waals surface area contributed by atoms with E-state index >= 15 is 0 Å². The molecule has 0 aromatic heterocycles. The van der Waals surface area contributed by atoms with E-state index in [0.29, 0.717) is 5.56 Å². The monoisotopic (exact) mass is 246 g/mol. The minimum Gasteiger partial charge on any atom is -0.390 e. The molecule has 3 nitrogen and oxygen atoms in total. The second-order valence-electron chi connectivity index (χ2n) is 4.64. The Hall–Kier alpha value is -1.53. The number of hydrogen-bond donors (Lipinski definition) is 1. The van der Waals surface area contributed by atoms with Crippen molar-refractivity contribution in [2.45, 2.75) is 39.2 Å². The van der Waals surface area contributed by atoms with Crippen LogP contribution in [0.15, 0.2) is 24.3 Å². The van der Waals surface area contributed by atoms with Gasteiger partial charge in [0.1, 0.15) is 0 Å². The summed E-state index contributed by atoms with van der Waals surface area (Å²) >= 11 is 0. The first-order chi connectivity index (χ1) is 8.61. The normalized spacial score (nSPS) is 17.4. The van der Waals surface area contributed by atoms with Gasteiger partial charge in [-0.15, -0.1) is 0 Å². The van der Waals surface area contributed by atoms with Gasteiger partial charge in [0.2, 0.25) is 0 Å². The molecule has 0 radical (unpaired) electrons. The first-order valence-electron chi connectivity index (χ1n) is 6.58. The molecule has 3 heteroatoms. The van der Waals surface area contributed by atoms with Gasteiger partial charge < -0.3 is 10.0 Å².